The fourth-order valence-electron chi connectivity index (χ4n) is 5.74. The van der Waals surface area contributed by atoms with Gasteiger partial charge in [-0.15, -0.1) is 23.2 Å². The van der Waals surface area contributed by atoms with Crippen LogP contribution in [0.5, 0.6) is 0 Å². The number of alkyl halides is 2. The normalized spacial score (nSPS) is 17.3. The minimum atomic E-state index is -0.929. The molecule has 5 heteroatoms. The Hall–Kier alpha value is -1.48. The van der Waals surface area contributed by atoms with Gasteiger partial charge in [-0.05, 0) is 63.4 Å². The van der Waals surface area contributed by atoms with Crippen LogP contribution >= 0.6 is 23.2 Å². The first-order chi connectivity index (χ1) is 16.1. The van der Waals surface area contributed by atoms with Gasteiger partial charge in [0.1, 0.15) is 0 Å². The fourth-order valence-corrected chi connectivity index (χ4v) is 9.32. The molecule has 0 aromatic heterocycles. The zero-order chi connectivity index (χ0) is 22.7. The van der Waals surface area contributed by atoms with E-state index in [4.69, 9.17) is 23.2 Å². The van der Waals surface area contributed by atoms with Crippen molar-refractivity contribution >= 4 is 43.1 Å². The van der Waals surface area contributed by atoms with Crippen LogP contribution in [0.4, 0.5) is 0 Å². The van der Waals surface area contributed by atoms with Crippen LogP contribution < -0.4 is 10.4 Å². The number of benzene rings is 4. The van der Waals surface area contributed by atoms with Crippen molar-refractivity contribution < 1.29 is 31.3 Å². The summed E-state index contributed by atoms with van der Waals surface area (Å²) in [6, 6.07) is 25.8. The largest absolute Gasteiger partial charge is 0.396 e. The molecule has 34 heavy (non-hydrogen) atoms. The van der Waals surface area contributed by atoms with Gasteiger partial charge in [0, 0.05) is 32.8 Å². The molecule has 0 bridgehead atoms. The number of halogens is 2. The molecule has 0 saturated carbocycles. The molecule has 4 aromatic rings. The van der Waals surface area contributed by atoms with Crippen molar-refractivity contribution in [2.45, 2.75) is 24.1 Å². The van der Waals surface area contributed by atoms with Gasteiger partial charge in [0.25, 0.3) is 0 Å². The Kier molecular flexibility index (Phi) is 6.79. The Morgan fingerprint density at radius 3 is 1.82 bits per heavy atom. The van der Waals surface area contributed by atoms with Gasteiger partial charge in [-0.2, -0.15) is 0 Å². The average molecular weight is 579 g/mol. The molecule has 6 rings (SSSR count). The van der Waals surface area contributed by atoms with E-state index in [0.717, 1.165) is 0 Å². The maximum Gasteiger partial charge on any atom is 0.0891 e. The van der Waals surface area contributed by atoms with Gasteiger partial charge in [0.15, 0.2) is 0 Å². The number of hydrogen-bond donors (Lipinski definition) is 1. The molecule has 0 saturated heterocycles. The smallest absolute Gasteiger partial charge is 0.0891 e. The summed E-state index contributed by atoms with van der Waals surface area (Å²) in [6.07, 6.45) is 0.647. The summed E-state index contributed by atoms with van der Waals surface area (Å²) in [5, 5.41) is 12.3. The topological polar surface area (TPSA) is 20.2 Å². The Balaban J connectivity index is 0.00000241. The zero-order valence-corrected chi connectivity index (χ0v) is 24.3. The number of rotatable bonds is 4. The van der Waals surface area contributed by atoms with Crippen LogP contribution in [0.3, 0.4) is 0 Å². The summed E-state index contributed by atoms with van der Waals surface area (Å²) in [5.41, 5.74) is 12.4. The minimum Gasteiger partial charge on any atom is -0.396 e. The van der Waals surface area contributed by atoms with E-state index in [2.05, 4.69) is 79.7 Å². The molecular weight excluding hydrogens is 555 g/mol. The van der Waals surface area contributed by atoms with Crippen LogP contribution in [0.25, 0.3) is 22.3 Å². The van der Waals surface area contributed by atoms with E-state index in [1.807, 2.05) is 0 Å². The van der Waals surface area contributed by atoms with Crippen LogP contribution in [-0.4, -0.2) is 21.2 Å². The van der Waals surface area contributed by atoms with Gasteiger partial charge in [0.05, 0.1) is 20.3 Å². The number of aliphatic hydroxyl groups excluding tert-OH is 1. The van der Waals surface area contributed by atoms with Crippen molar-refractivity contribution in [2.24, 2.45) is 0 Å². The first-order valence-electron chi connectivity index (χ1n) is 11.4. The summed E-state index contributed by atoms with van der Waals surface area (Å²) < 4.78 is 0. The zero-order valence-electron chi connectivity index (χ0n) is 18.9. The predicted molar refractivity (Wildman–Crippen MR) is 142 cm³/mol. The monoisotopic (exact) mass is 576 g/mol. The Labute approximate surface area is 232 Å². The summed E-state index contributed by atoms with van der Waals surface area (Å²) >= 11 is 14.2. The van der Waals surface area contributed by atoms with Gasteiger partial charge >= 0.3 is 0 Å². The van der Waals surface area contributed by atoms with E-state index in [1.54, 1.807) is 0 Å². The maximum atomic E-state index is 9.83. The molecule has 2 aliphatic rings. The third-order valence-corrected chi connectivity index (χ3v) is 10.7. The third-order valence-electron chi connectivity index (χ3n) is 7.34. The molecule has 0 heterocycles. The SMILES string of the molecule is Cc1ccc2c(c1[SiH2]c1c(CCO)ccc3c1C(Cl)c1ccccc1-3)C(Cl)c1ccccc1-2.[Zr]. The van der Waals surface area contributed by atoms with Gasteiger partial charge < -0.3 is 5.11 Å². The number of aryl methyl sites for hydroxylation is 1. The Morgan fingerprint density at radius 1 is 0.706 bits per heavy atom. The van der Waals surface area contributed by atoms with Crippen LogP contribution in [0, 0.1) is 6.92 Å². The van der Waals surface area contributed by atoms with E-state index >= 15 is 0 Å². The van der Waals surface area contributed by atoms with E-state index in [0.29, 0.717) is 6.42 Å². The first kappa shape index (κ1) is 24.2. The molecule has 0 amide bonds. The van der Waals surface area contributed by atoms with Crippen molar-refractivity contribution in [1.29, 1.82) is 0 Å². The van der Waals surface area contributed by atoms with Crippen LogP contribution in [0.15, 0.2) is 72.8 Å². The van der Waals surface area contributed by atoms with Crippen molar-refractivity contribution in [3.63, 3.8) is 0 Å². The van der Waals surface area contributed by atoms with Crippen molar-refractivity contribution in [3.8, 4) is 22.3 Å². The second kappa shape index (κ2) is 9.52. The van der Waals surface area contributed by atoms with Crippen LogP contribution in [0.1, 0.15) is 44.1 Å². The fraction of sp³-hybridized carbons (Fsp3) is 0.172. The molecule has 0 fully saturated rings. The van der Waals surface area contributed by atoms with E-state index < -0.39 is 9.52 Å². The molecule has 1 N–H and O–H groups in total. The van der Waals surface area contributed by atoms with Gasteiger partial charge in [-0.1, -0.05) is 88.7 Å². The Bertz CT molecular complexity index is 1420. The third kappa shape index (κ3) is 3.64. The maximum absolute atomic E-state index is 9.83. The second-order valence-corrected chi connectivity index (χ2v) is 11.7. The molecule has 0 aliphatic heterocycles. The predicted octanol–water partition coefficient (Wildman–Crippen LogP) is 5.26. The molecule has 2 unspecified atom stereocenters. The summed E-state index contributed by atoms with van der Waals surface area (Å²) in [7, 11) is -0.929. The van der Waals surface area contributed by atoms with Crippen molar-refractivity contribution in [1.82, 2.24) is 0 Å². The summed E-state index contributed by atoms with van der Waals surface area (Å²) in [6.45, 7) is 2.34. The molecule has 0 spiro atoms. The van der Waals surface area contributed by atoms with Crippen molar-refractivity contribution in [2.75, 3.05) is 6.61 Å². The van der Waals surface area contributed by atoms with E-state index in [-0.39, 0.29) is 43.6 Å². The van der Waals surface area contributed by atoms with E-state index in [9.17, 15) is 5.11 Å². The minimum absolute atomic E-state index is 0. The van der Waals surface area contributed by atoms with Gasteiger partial charge in [-0.3, -0.25) is 0 Å². The molecule has 1 nitrogen and oxygen atoms in total. The second-order valence-electron chi connectivity index (χ2n) is 9.04. The van der Waals surface area contributed by atoms with Crippen LogP contribution in [0.2, 0.25) is 0 Å². The molecule has 2 atom stereocenters. The standard InChI is InChI=1S/C29H24Cl2OSi.Zr/c1-16-10-12-20-18-6-2-4-8-22(18)26(30)24(20)28(16)33-29-17(14-15-32)11-13-21-19-7-3-5-9-23(19)27(31)25(21)29;/h2-13,26-27,32H,14-15,33H2,1H3;. The van der Waals surface area contributed by atoms with Gasteiger partial charge in [0.2, 0.25) is 0 Å². The molecule has 168 valence electrons. The molecule has 2 aliphatic carbocycles. The van der Waals surface area contributed by atoms with Crippen molar-refractivity contribution in [3.05, 3.63) is 106 Å². The summed E-state index contributed by atoms with van der Waals surface area (Å²) in [5.74, 6) is 0. The van der Waals surface area contributed by atoms with Crippen LogP contribution in [-0.2, 0) is 32.6 Å². The number of fused-ring (bicyclic) bond motifs is 6. The van der Waals surface area contributed by atoms with E-state index in [1.165, 1.54) is 66.0 Å². The average Bonchev–Trinajstić information content (AvgIpc) is 3.29. The molecule has 0 radical (unpaired) electrons. The Morgan fingerprint density at radius 2 is 1.24 bits per heavy atom. The summed E-state index contributed by atoms with van der Waals surface area (Å²) in [4.78, 5) is 0. The quantitative estimate of drug-likeness (QED) is 0.259. The first-order valence-corrected chi connectivity index (χ1v) is 13.7. The molecular formula is C29H24Cl2OSiZr. The number of aliphatic hydroxyl groups is 1. The number of hydrogen-bond acceptors (Lipinski definition) is 1. The van der Waals surface area contributed by atoms with Gasteiger partial charge in [-0.25, -0.2) is 0 Å². The molecule has 4 aromatic carbocycles.